The molecular weight excluding hydrogens is 523 g/mol. The van der Waals surface area contributed by atoms with Crippen LogP contribution in [0.1, 0.15) is 56.4 Å². The molecule has 0 aliphatic rings. The highest BCUT2D eigenvalue weighted by molar-refractivity contribution is 7.13. The molecule has 3 aromatic heterocycles. The Morgan fingerprint density at radius 1 is 1.11 bits per heavy atom. The van der Waals surface area contributed by atoms with Crippen LogP contribution in [-0.2, 0) is 11.0 Å². The Hall–Kier alpha value is -3.65. The SMILES string of the molecule is C[C@@H](CC(=O)c1cc(NCCC(N)=O)ncn1)c1ncc(C(=O)Nc2cc(C(F)(F)F)c(Cl)cn2)s1. The molecule has 3 rings (SSSR count). The van der Waals surface area contributed by atoms with Crippen LogP contribution < -0.4 is 16.4 Å². The molecule has 0 bridgehead atoms. The molecule has 3 heterocycles. The maximum Gasteiger partial charge on any atom is 0.418 e. The number of hydrogen-bond acceptors (Lipinski definition) is 9. The number of hydrogen-bond donors (Lipinski definition) is 3. The minimum Gasteiger partial charge on any atom is -0.370 e. The molecule has 0 aromatic carbocycles. The van der Waals surface area contributed by atoms with E-state index < -0.39 is 28.6 Å². The second-order valence-electron chi connectivity index (χ2n) is 7.52. The van der Waals surface area contributed by atoms with E-state index >= 15 is 0 Å². The molecule has 4 N–H and O–H groups in total. The summed E-state index contributed by atoms with van der Waals surface area (Å²) < 4.78 is 39.1. The van der Waals surface area contributed by atoms with Gasteiger partial charge in [0.1, 0.15) is 28.5 Å². The Balaban J connectivity index is 1.63. The summed E-state index contributed by atoms with van der Waals surface area (Å²) >= 11 is 6.54. The van der Waals surface area contributed by atoms with Crippen molar-refractivity contribution in [3.8, 4) is 0 Å². The number of rotatable bonds is 10. The van der Waals surface area contributed by atoms with Crippen molar-refractivity contribution >= 4 is 52.2 Å². The number of nitrogens with one attached hydrogen (secondary N) is 2. The van der Waals surface area contributed by atoms with Gasteiger partial charge in [-0.3, -0.25) is 14.4 Å². The summed E-state index contributed by atoms with van der Waals surface area (Å²) in [7, 11) is 0. The Morgan fingerprint density at radius 3 is 2.56 bits per heavy atom. The van der Waals surface area contributed by atoms with Gasteiger partial charge in [-0.15, -0.1) is 11.3 Å². The highest BCUT2D eigenvalue weighted by Crippen LogP contribution is 2.35. The first kappa shape index (κ1) is 26.9. The molecule has 0 saturated carbocycles. The average Bonchev–Trinajstić information content (AvgIpc) is 3.30. The number of carbonyl (C=O) groups excluding carboxylic acids is 3. The summed E-state index contributed by atoms with van der Waals surface area (Å²) in [6.07, 6.45) is -1.30. The molecule has 0 aliphatic carbocycles. The van der Waals surface area contributed by atoms with Crippen LogP contribution in [0, 0.1) is 0 Å². The van der Waals surface area contributed by atoms with Crippen LogP contribution in [0.2, 0.25) is 5.02 Å². The van der Waals surface area contributed by atoms with Gasteiger partial charge in [-0.05, 0) is 6.07 Å². The van der Waals surface area contributed by atoms with Crippen LogP contribution in [-0.4, -0.2) is 44.1 Å². The number of ketones is 1. The highest BCUT2D eigenvalue weighted by Gasteiger charge is 2.34. The summed E-state index contributed by atoms with van der Waals surface area (Å²) in [6.45, 7) is 1.99. The Kier molecular flexibility index (Phi) is 8.53. The number of alkyl halides is 3. The van der Waals surface area contributed by atoms with Crippen molar-refractivity contribution in [1.29, 1.82) is 0 Å². The molecule has 2 amide bonds. The quantitative estimate of drug-likeness (QED) is 0.326. The fourth-order valence-corrected chi connectivity index (χ4v) is 3.99. The Bertz CT molecular complexity index is 1290. The zero-order chi connectivity index (χ0) is 26.5. The maximum absolute atomic E-state index is 13.0. The third-order valence-corrected chi connectivity index (χ3v) is 6.22. The highest BCUT2D eigenvalue weighted by atomic mass is 35.5. The van der Waals surface area contributed by atoms with E-state index in [1.165, 1.54) is 18.6 Å². The van der Waals surface area contributed by atoms with E-state index in [9.17, 15) is 27.6 Å². The molecule has 0 unspecified atom stereocenters. The number of primary amides is 1. The van der Waals surface area contributed by atoms with Gasteiger partial charge in [0, 0.05) is 37.6 Å². The zero-order valence-electron chi connectivity index (χ0n) is 18.6. The smallest absolute Gasteiger partial charge is 0.370 e. The van der Waals surface area contributed by atoms with Crippen LogP contribution in [0.3, 0.4) is 0 Å². The second kappa shape index (κ2) is 11.4. The monoisotopic (exact) mass is 541 g/mol. The number of nitrogens with two attached hydrogens (primary N) is 1. The fourth-order valence-electron chi connectivity index (χ4n) is 2.91. The number of Topliss-reactive ketones (excluding diaryl/α,β-unsaturated/α-hetero) is 1. The van der Waals surface area contributed by atoms with E-state index in [1.807, 2.05) is 0 Å². The normalized spacial score (nSPS) is 12.1. The van der Waals surface area contributed by atoms with Gasteiger partial charge < -0.3 is 16.4 Å². The number of aromatic nitrogens is 4. The van der Waals surface area contributed by atoms with Crippen molar-refractivity contribution in [2.45, 2.75) is 31.9 Å². The largest absolute Gasteiger partial charge is 0.418 e. The average molecular weight is 542 g/mol. The predicted molar refractivity (Wildman–Crippen MR) is 126 cm³/mol. The van der Waals surface area contributed by atoms with Gasteiger partial charge in [-0.25, -0.2) is 19.9 Å². The lowest BCUT2D eigenvalue weighted by Gasteiger charge is -2.10. The third-order valence-electron chi connectivity index (χ3n) is 4.69. The summed E-state index contributed by atoms with van der Waals surface area (Å²) in [4.78, 5) is 51.9. The zero-order valence-corrected chi connectivity index (χ0v) is 20.2. The maximum atomic E-state index is 13.0. The van der Waals surface area contributed by atoms with Crippen LogP contribution in [0.25, 0.3) is 0 Å². The number of anilines is 2. The van der Waals surface area contributed by atoms with Crippen molar-refractivity contribution in [2.75, 3.05) is 17.2 Å². The second-order valence-corrected chi connectivity index (χ2v) is 8.99. The molecule has 36 heavy (non-hydrogen) atoms. The van der Waals surface area contributed by atoms with Crippen molar-refractivity contribution in [3.63, 3.8) is 0 Å². The lowest BCUT2D eigenvalue weighted by atomic mass is 10.0. The molecule has 10 nitrogen and oxygen atoms in total. The van der Waals surface area contributed by atoms with Crippen molar-refractivity contribution < 1.29 is 27.6 Å². The molecule has 1 atom stereocenters. The standard InChI is InChI=1S/C21H19ClF3N7O3S/c1-10(4-14(33)13-6-17(31-9-30-13)27-3-2-16(26)34)20-29-8-15(36-20)19(35)32-18-5-11(21(23,24)25)12(22)7-28-18/h5-10H,2-4H2,1H3,(H2,26,34)(H,27,30,31)(H,28,32,35)/t10-/m0/s1. The van der Waals surface area contributed by atoms with Crippen molar-refractivity contribution in [2.24, 2.45) is 5.73 Å². The number of halogens is 4. The van der Waals surface area contributed by atoms with Crippen LogP contribution >= 0.6 is 22.9 Å². The lowest BCUT2D eigenvalue weighted by molar-refractivity contribution is -0.137. The van der Waals surface area contributed by atoms with E-state index in [-0.39, 0.29) is 47.5 Å². The fraction of sp³-hybridized carbons (Fsp3) is 0.286. The van der Waals surface area contributed by atoms with Crippen molar-refractivity contribution in [3.05, 3.63) is 57.0 Å². The molecule has 0 spiro atoms. The number of thiazole rings is 1. The lowest BCUT2D eigenvalue weighted by Crippen LogP contribution is -2.16. The summed E-state index contributed by atoms with van der Waals surface area (Å²) in [6, 6.07) is 2.09. The van der Waals surface area contributed by atoms with E-state index in [2.05, 4.69) is 30.6 Å². The van der Waals surface area contributed by atoms with E-state index in [0.29, 0.717) is 16.9 Å². The first-order valence-corrected chi connectivity index (χ1v) is 11.5. The number of carbonyl (C=O) groups is 3. The number of pyridine rings is 1. The van der Waals surface area contributed by atoms with E-state index in [1.54, 1.807) is 6.92 Å². The Labute approximate surface area is 211 Å². The van der Waals surface area contributed by atoms with E-state index in [0.717, 1.165) is 17.5 Å². The molecule has 0 saturated heterocycles. The summed E-state index contributed by atoms with van der Waals surface area (Å²) in [5, 5.41) is 5.05. The minimum atomic E-state index is -4.71. The van der Waals surface area contributed by atoms with E-state index in [4.69, 9.17) is 17.3 Å². The molecular formula is C21H19ClF3N7O3S. The molecule has 0 radical (unpaired) electrons. The van der Waals surface area contributed by atoms with Gasteiger partial charge in [-0.2, -0.15) is 13.2 Å². The minimum absolute atomic E-state index is 0.0278. The molecule has 0 fully saturated rings. The molecule has 3 aromatic rings. The first-order chi connectivity index (χ1) is 16.9. The number of nitrogens with zero attached hydrogens (tertiary/aromatic N) is 4. The van der Waals surface area contributed by atoms with Crippen LogP contribution in [0.4, 0.5) is 24.8 Å². The summed E-state index contributed by atoms with van der Waals surface area (Å²) in [5.41, 5.74) is 4.12. The van der Waals surface area contributed by atoms with Crippen molar-refractivity contribution in [1.82, 2.24) is 19.9 Å². The first-order valence-electron chi connectivity index (χ1n) is 10.3. The van der Waals surface area contributed by atoms with Crippen LogP contribution in [0.15, 0.2) is 30.9 Å². The van der Waals surface area contributed by atoms with Gasteiger partial charge in [0.15, 0.2) is 5.78 Å². The van der Waals surface area contributed by atoms with Gasteiger partial charge in [0.2, 0.25) is 5.91 Å². The summed E-state index contributed by atoms with van der Waals surface area (Å²) in [5.74, 6) is -1.82. The molecule has 15 heteroatoms. The third kappa shape index (κ3) is 7.18. The number of amides is 2. The van der Waals surface area contributed by atoms with Gasteiger partial charge >= 0.3 is 6.18 Å². The molecule has 190 valence electrons. The molecule has 0 aliphatic heterocycles. The Morgan fingerprint density at radius 2 is 1.86 bits per heavy atom. The van der Waals surface area contributed by atoms with Gasteiger partial charge in [0.05, 0.1) is 21.8 Å². The van der Waals surface area contributed by atoms with Crippen LogP contribution in [0.5, 0.6) is 0 Å². The topological polar surface area (TPSA) is 153 Å². The van der Waals surface area contributed by atoms with Gasteiger partial charge in [-0.1, -0.05) is 18.5 Å². The van der Waals surface area contributed by atoms with Gasteiger partial charge in [0.25, 0.3) is 5.91 Å². The predicted octanol–water partition coefficient (Wildman–Crippen LogP) is 3.92.